The summed E-state index contributed by atoms with van der Waals surface area (Å²) in [7, 11) is 0. The van der Waals surface area contributed by atoms with Crippen LogP contribution in [0.4, 0.5) is 0 Å². The van der Waals surface area contributed by atoms with Crippen LogP contribution in [0.2, 0.25) is 0 Å². The molecule has 3 atom stereocenters. The van der Waals surface area contributed by atoms with Gasteiger partial charge in [-0.3, -0.25) is 4.98 Å². The first-order chi connectivity index (χ1) is 8.70. The molecule has 0 saturated heterocycles. The predicted molar refractivity (Wildman–Crippen MR) is 73.5 cm³/mol. The van der Waals surface area contributed by atoms with E-state index in [9.17, 15) is 0 Å². The Kier molecular flexibility index (Phi) is 4.59. The third-order valence-corrected chi connectivity index (χ3v) is 3.90. The molecular weight excluding hydrogens is 224 g/mol. The van der Waals surface area contributed by atoms with Crippen LogP contribution >= 0.6 is 0 Å². The molecule has 3 unspecified atom stereocenters. The lowest BCUT2D eigenvalue weighted by Gasteiger charge is -2.29. The highest BCUT2D eigenvalue weighted by Gasteiger charge is 2.22. The molecule has 100 valence electrons. The Balaban J connectivity index is 1.97. The van der Waals surface area contributed by atoms with Gasteiger partial charge in [-0.15, -0.1) is 0 Å². The van der Waals surface area contributed by atoms with E-state index in [0.717, 1.165) is 24.3 Å². The van der Waals surface area contributed by atoms with Crippen molar-refractivity contribution in [3.05, 3.63) is 24.0 Å². The number of aromatic nitrogens is 1. The van der Waals surface area contributed by atoms with Crippen molar-refractivity contribution in [1.82, 2.24) is 4.98 Å². The van der Waals surface area contributed by atoms with Crippen LogP contribution in [0.3, 0.4) is 0 Å². The van der Waals surface area contributed by atoms with E-state index >= 15 is 0 Å². The molecule has 3 nitrogen and oxygen atoms in total. The fourth-order valence-corrected chi connectivity index (χ4v) is 2.52. The van der Waals surface area contributed by atoms with E-state index in [0.29, 0.717) is 12.0 Å². The molecule has 0 aliphatic heterocycles. The van der Waals surface area contributed by atoms with Gasteiger partial charge in [0.15, 0.2) is 0 Å². The van der Waals surface area contributed by atoms with Crippen molar-refractivity contribution in [2.45, 2.75) is 58.1 Å². The van der Waals surface area contributed by atoms with E-state index in [4.69, 9.17) is 10.5 Å². The second-order valence-corrected chi connectivity index (χ2v) is 5.35. The molecule has 0 bridgehead atoms. The zero-order chi connectivity index (χ0) is 13.0. The molecule has 0 radical (unpaired) electrons. The van der Waals surface area contributed by atoms with Gasteiger partial charge in [-0.2, -0.15) is 0 Å². The lowest BCUT2D eigenvalue weighted by molar-refractivity contribution is 0.102. The highest BCUT2D eigenvalue weighted by molar-refractivity contribution is 5.21. The van der Waals surface area contributed by atoms with Crippen molar-refractivity contribution in [3.63, 3.8) is 0 Å². The maximum absolute atomic E-state index is 6.03. The molecule has 1 aliphatic rings. The molecule has 2 rings (SSSR count). The summed E-state index contributed by atoms with van der Waals surface area (Å²) in [6.07, 6.45) is 8.13. The second-order valence-electron chi connectivity index (χ2n) is 5.35. The normalized spacial score (nSPS) is 25.7. The van der Waals surface area contributed by atoms with Gasteiger partial charge in [-0.05, 0) is 43.7 Å². The molecule has 1 aliphatic carbocycles. The molecule has 1 saturated carbocycles. The molecule has 18 heavy (non-hydrogen) atoms. The van der Waals surface area contributed by atoms with Crippen LogP contribution in [-0.2, 0) is 0 Å². The van der Waals surface area contributed by atoms with Gasteiger partial charge in [-0.1, -0.05) is 20.3 Å². The topological polar surface area (TPSA) is 48.1 Å². The molecule has 1 fully saturated rings. The minimum absolute atomic E-state index is 0.0349. The molecule has 1 aromatic heterocycles. The number of nitrogens with two attached hydrogens (primary N) is 1. The largest absolute Gasteiger partial charge is 0.489 e. The number of hydrogen-bond acceptors (Lipinski definition) is 3. The van der Waals surface area contributed by atoms with Crippen molar-refractivity contribution >= 4 is 0 Å². The van der Waals surface area contributed by atoms with Crippen LogP contribution in [0.25, 0.3) is 0 Å². The average molecular weight is 248 g/mol. The highest BCUT2D eigenvalue weighted by Crippen LogP contribution is 2.28. The Bertz CT molecular complexity index is 363. The Morgan fingerprint density at radius 2 is 2.17 bits per heavy atom. The summed E-state index contributed by atoms with van der Waals surface area (Å²) in [4.78, 5) is 4.39. The molecule has 1 aromatic rings. The van der Waals surface area contributed by atoms with E-state index < -0.39 is 0 Å². The van der Waals surface area contributed by atoms with Crippen molar-refractivity contribution in [2.24, 2.45) is 11.7 Å². The molecule has 0 aromatic carbocycles. The molecule has 1 heterocycles. The number of nitrogens with zero attached hydrogens (tertiary/aromatic N) is 1. The molecule has 2 N–H and O–H groups in total. The van der Waals surface area contributed by atoms with Crippen LogP contribution in [0.15, 0.2) is 18.3 Å². The minimum atomic E-state index is 0.0349. The van der Waals surface area contributed by atoms with E-state index in [-0.39, 0.29) is 6.04 Å². The Hall–Kier alpha value is -1.09. The Labute approximate surface area is 110 Å². The third kappa shape index (κ3) is 3.22. The summed E-state index contributed by atoms with van der Waals surface area (Å²) in [6, 6.07) is 4.02. The summed E-state index contributed by atoms with van der Waals surface area (Å²) >= 11 is 0. The zero-order valence-electron chi connectivity index (χ0n) is 11.4. The summed E-state index contributed by atoms with van der Waals surface area (Å²) in [5.41, 5.74) is 6.89. The first-order valence-corrected chi connectivity index (χ1v) is 7.09. The lowest BCUT2D eigenvalue weighted by Crippen LogP contribution is -2.28. The quantitative estimate of drug-likeness (QED) is 0.887. The molecule has 0 spiro atoms. The van der Waals surface area contributed by atoms with Gasteiger partial charge in [0.2, 0.25) is 0 Å². The fourth-order valence-electron chi connectivity index (χ4n) is 2.52. The average Bonchev–Trinajstić information content (AvgIpc) is 2.41. The molecule has 0 amide bonds. The summed E-state index contributed by atoms with van der Waals surface area (Å²) in [6.45, 7) is 4.35. The van der Waals surface area contributed by atoms with Crippen LogP contribution in [-0.4, -0.2) is 11.1 Å². The van der Waals surface area contributed by atoms with Crippen molar-refractivity contribution in [1.29, 1.82) is 0 Å². The van der Waals surface area contributed by atoms with Crippen LogP contribution in [0, 0.1) is 5.92 Å². The summed E-state index contributed by atoms with van der Waals surface area (Å²) in [5, 5.41) is 0. The number of rotatable bonds is 4. The smallest absolute Gasteiger partial charge is 0.138 e. The van der Waals surface area contributed by atoms with Gasteiger partial charge in [0.25, 0.3) is 0 Å². The van der Waals surface area contributed by atoms with E-state index in [1.54, 1.807) is 0 Å². The van der Waals surface area contributed by atoms with Crippen LogP contribution in [0.1, 0.15) is 57.7 Å². The maximum Gasteiger partial charge on any atom is 0.138 e. The first kappa shape index (κ1) is 13.3. The maximum atomic E-state index is 6.03. The standard InChI is InChI=1S/C15H24N2O/c1-3-13(16)14-9-8-12(10-17-14)18-15-7-5-4-6-11(15)2/h8-11,13,15H,3-7,16H2,1-2H3. The number of hydrogen-bond donors (Lipinski definition) is 1. The van der Waals surface area contributed by atoms with E-state index in [1.807, 2.05) is 18.3 Å². The zero-order valence-corrected chi connectivity index (χ0v) is 11.4. The Morgan fingerprint density at radius 1 is 1.39 bits per heavy atom. The Morgan fingerprint density at radius 3 is 2.78 bits per heavy atom. The van der Waals surface area contributed by atoms with Gasteiger partial charge in [-0.25, -0.2) is 0 Å². The van der Waals surface area contributed by atoms with Gasteiger partial charge in [0.05, 0.1) is 11.9 Å². The van der Waals surface area contributed by atoms with Gasteiger partial charge in [0, 0.05) is 6.04 Å². The highest BCUT2D eigenvalue weighted by atomic mass is 16.5. The van der Waals surface area contributed by atoms with Crippen molar-refractivity contribution in [2.75, 3.05) is 0 Å². The van der Waals surface area contributed by atoms with E-state index in [1.165, 1.54) is 19.3 Å². The van der Waals surface area contributed by atoms with Crippen LogP contribution in [0.5, 0.6) is 5.75 Å². The number of ether oxygens (including phenoxy) is 1. The van der Waals surface area contributed by atoms with Gasteiger partial charge < -0.3 is 10.5 Å². The van der Waals surface area contributed by atoms with E-state index in [2.05, 4.69) is 18.8 Å². The third-order valence-electron chi connectivity index (χ3n) is 3.90. The predicted octanol–water partition coefficient (Wildman–Crippen LogP) is 3.45. The SMILES string of the molecule is CCC(N)c1ccc(OC2CCCCC2C)cn1. The second kappa shape index (κ2) is 6.19. The summed E-state index contributed by atoms with van der Waals surface area (Å²) < 4.78 is 6.03. The van der Waals surface area contributed by atoms with Crippen molar-refractivity contribution < 1.29 is 4.74 Å². The van der Waals surface area contributed by atoms with Gasteiger partial charge in [0.1, 0.15) is 11.9 Å². The van der Waals surface area contributed by atoms with Gasteiger partial charge >= 0.3 is 0 Å². The first-order valence-electron chi connectivity index (χ1n) is 7.09. The fraction of sp³-hybridized carbons (Fsp3) is 0.667. The number of pyridine rings is 1. The lowest BCUT2D eigenvalue weighted by atomic mass is 9.88. The molecule has 3 heteroatoms. The van der Waals surface area contributed by atoms with Crippen LogP contribution < -0.4 is 10.5 Å². The summed E-state index contributed by atoms with van der Waals surface area (Å²) in [5.74, 6) is 1.53. The monoisotopic (exact) mass is 248 g/mol. The van der Waals surface area contributed by atoms with Crippen molar-refractivity contribution in [3.8, 4) is 5.75 Å². The minimum Gasteiger partial charge on any atom is -0.489 e. The molecular formula is C15H24N2O.